The molecule has 3 nitrogen and oxygen atoms in total. The maximum Gasteiger partial charge on any atom is 0.258 e. The first-order valence-electron chi connectivity index (χ1n) is 7.08. The van der Waals surface area contributed by atoms with Gasteiger partial charge in [0.25, 0.3) is 5.91 Å². The van der Waals surface area contributed by atoms with E-state index >= 15 is 0 Å². The number of hydrogen-bond donors (Lipinski definition) is 1. The molecule has 0 saturated heterocycles. The van der Waals surface area contributed by atoms with Crippen molar-refractivity contribution in [2.75, 3.05) is 0 Å². The molecule has 1 aliphatic carbocycles. The van der Waals surface area contributed by atoms with Crippen LogP contribution in [0.25, 0.3) is 0 Å². The summed E-state index contributed by atoms with van der Waals surface area (Å²) in [5.74, 6) is -0.527. The lowest BCUT2D eigenvalue weighted by atomic mass is 10.1. The van der Waals surface area contributed by atoms with Gasteiger partial charge in [0, 0.05) is 17.1 Å². The van der Waals surface area contributed by atoms with Crippen LogP contribution in [0.15, 0.2) is 46.9 Å². The van der Waals surface area contributed by atoms with Crippen molar-refractivity contribution in [1.82, 2.24) is 4.90 Å². The minimum Gasteiger partial charge on any atom is -0.507 e. The molecule has 0 spiro atoms. The number of nitrogens with zero attached hydrogens (tertiary/aromatic N) is 1. The van der Waals surface area contributed by atoms with Gasteiger partial charge >= 0.3 is 0 Å². The summed E-state index contributed by atoms with van der Waals surface area (Å²) in [7, 11) is 0. The fourth-order valence-electron chi connectivity index (χ4n) is 2.37. The predicted molar refractivity (Wildman–Crippen MR) is 85.1 cm³/mol. The summed E-state index contributed by atoms with van der Waals surface area (Å²) in [5.41, 5.74) is 1.15. The van der Waals surface area contributed by atoms with Gasteiger partial charge in [-0.3, -0.25) is 4.79 Å². The molecule has 1 amide bonds. The Hall–Kier alpha value is -1.88. The highest BCUT2D eigenvalue weighted by Gasteiger charge is 2.34. The van der Waals surface area contributed by atoms with Crippen LogP contribution < -0.4 is 0 Å². The van der Waals surface area contributed by atoms with Gasteiger partial charge in [-0.25, -0.2) is 4.39 Å². The minimum absolute atomic E-state index is 0.0297. The van der Waals surface area contributed by atoms with E-state index in [9.17, 15) is 14.3 Å². The third-order valence-corrected chi connectivity index (χ3v) is 4.20. The van der Waals surface area contributed by atoms with Gasteiger partial charge in [-0.2, -0.15) is 0 Å². The van der Waals surface area contributed by atoms with E-state index < -0.39 is 0 Å². The van der Waals surface area contributed by atoms with Gasteiger partial charge in [-0.1, -0.05) is 28.1 Å². The Morgan fingerprint density at radius 2 is 1.91 bits per heavy atom. The number of hydrogen-bond acceptors (Lipinski definition) is 2. The normalized spacial score (nSPS) is 13.9. The Morgan fingerprint density at radius 3 is 2.55 bits per heavy atom. The Bertz CT molecular complexity index is 698. The zero-order valence-corrected chi connectivity index (χ0v) is 13.4. The molecule has 2 aromatic rings. The van der Waals surface area contributed by atoms with Crippen molar-refractivity contribution < 1.29 is 14.3 Å². The highest BCUT2D eigenvalue weighted by atomic mass is 79.9. The van der Waals surface area contributed by atoms with Crippen molar-refractivity contribution >= 4 is 21.8 Å². The van der Waals surface area contributed by atoms with Crippen LogP contribution in [0, 0.1) is 5.82 Å². The lowest BCUT2D eigenvalue weighted by Gasteiger charge is -2.23. The van der Waals surface area contributed by atoms with Crippen LogP contribution in [0.5, 0.6) is 5.75 Å². The summed E-state index contributed by atoms with van der Waals surface area (Å²) >= 11 is 3.32. The molecule has 0 unspecified atom stereocenters. The van der Waals surface area contributed by atoms with E-state index in [1.165, 1.54) is 18.2 Å². The van der Waals surface area contributed by atoms with E-state index in [1.807, 2.05) is 0 Å². The summed E-state index contributed by atoms with van der Waals surface area (Å²) in [5, 5.41) is 9.94. The average Bonchev–Trinajstić information content (AvgIpc) is 3.33. The van der Waals surface area contributed by atoms with Crippen LogP contribution in [0.4, 0.5) is 4.39 Å². The van der Waals surface area contributed by atoms with Crippen LogP contribution in [0.1, 0.15) is 28.8 Å². The summed E-state index contributed by atoms with van der Waals surface area (Å²) < 4.78 is 13.7. The number of phenols is 1. The maximum atomic E-state index is 13.0. The third kappa shape index (κ3) is 3.30. The first-order valence-corrected chi connectivity index (χ1v) is 7.88. The molecule has 3 rings (SSSR count). The van der Waals surface area contributed by atoms with Crippen molar-refractivity contribution in [3.63, 3.8) is 0 Å². The van der Waals surface area contributed by atoms with Crippen LogP contribution >= 0.6 is 15.9 Å². The summed E-state index contributed by atoms with van der Waals surface area (Å²) in [4.78, 5) is 14.5. The number of halogens is 2. The van der Waals surface area contributed by atoms with Crippen LogP contribution in [0.2, 0.25) is 0 Å². The monoisotopic (exact) mass is 363 g/mol. The Balaban J connectivity index is 1.86. The number of amides is 1. The third-order valence-electron chi connectivity index (χ3n) is 3.70. The number of benzene rings is 2. The molecule has 5 heteroatoms. The Labute approximate surface area is 136 Å². The molecular formula is C17H15BrFNO2. The zero-order valence-electron chi connectivity index (χ0n) is 11.8. The maximum absolute atomic E-state index is 13.0. The topological polar surface area (TPSA) is 40.5 Å². The number of carbonyl (C=O) groups is 1. The van der Waals surface area contributed by atoms with E-state index in [0.717, 1.165) is 22.9 Å². The van der Waals surface area contributed by atoms with E-state index in [0.29, 0.717) is 6.54 Å². The van der Waals surface area contributed by atoms with Crippen LogP contribution in [-0.4, -0.2) is 22.0 Å². The SMILES string of the molecule is O=C(c1cc(Br)ccc1O)N(Cc1ccc(F)cc1)C1CC1. The standard InChI is InChI=1S/C17H15BrFNO2/c18-12-3-8-16(21)15(9-12)17(22)20(14-6-7-14)10-11-1-4-13(19)5-2-11/h1-5,8-9,14,21H,6-7,10H2. The molecule has 1 N–H and O–H groups in total. The number of aromatic hydroxyl groups is 1. The van der Waals surface area contributed by atoms with Crippen LogP contribution in [0.3, 0.4) is 0 Å². The average molecular weight is 364 g/mol. The van der Waals surface area contributed by atoms with Crippen molar-refractivity contribution in [2.45, 2.75) is 25.4 Å². The van der Waals surface area contributed by atoms with E-state index in [2.05, 4.69) is 15.9 Å². The molecule has 2 aromatic carbocycles. The second-order valence-electron chi connectivity index (χ2n) is 5.45. The number of rotatable bonds is 4. The largest absolute Gasteiger partial charge is 0.507 e. The molecule has 0 heterocycles. The van der Waals surface area contributed by atoms with Gasteiger partial charge < -0.3 is 10.0 Å². The first kappa shape index (κ1) is 15.0. The Kier molecular flexibility index (Phi) is 4.16. The molecule has 1 saturated carbocycles. The molecule has 0 atom stereocenters. The fraction of sp³-hybridized carbons (Fsp3) is 0.235. The van der Waals surface area contributed by atoms with Gasteiger partial charge in [-0.15, -0.1) is 0 Å². The molecule has 22 heavy (non-hydrogen) atoms. The van der Waals surface area contributed by atoms with Crippen molar-refractivity contribution in [1.29, 1.82) is 0 Å². The quantitative estimate of drug-likeness (QED) is 0.888. The molecule has 0 radical (unpaired) electrons. The molecule has 1 aliphatic rings. The van der Waals surface area contributed by atoms with E-state index in [4.69, 9.17) is 0 Å². The zero-order chi connectivity index (χ0) is 15.7. The van der Waals surface area contributed by atoms with Crippen LogP contribution in [-0.2, 0) is 6.54 Å². The minimum atomic E-state index is -0.294. The van der Waals surface area contributed by atoms with E-state index in [-0.39, 0.29) is 29.1 Å². The van der Waals surface area contributed by atoms with Gasteiger partial charge in [0.15, 0.2) is 0 Å². The highest BCUT2D eigenvalue weighted by Crippen LogP contribution is 2.32. The van der Waals surface area contributed by atoms with Crippen molar-refractivity contribution in [2.24, 2.45) is 0 Å². The molecule has 0 bridgehead atoms. The first-order chi connectivity index (χ1) is 10.5. The molecule has 0 aromatic heterocycles. The lowest BCUT2D eigenvalue weighted by molar-refractivity contribution is 0.0727. The van der Waals surface area contributed by atoms with Crippen molar-refractivity contribution in [3.05, 3.63) is 63.9 Å². The summed E-state index contributed by atoms with van der Waals surface area (Å²) in [6.45, 7) is 0.412. The van der Waals surface area contributed by atoms with Crippen molar-refractivity contribution in [3.8, 4) is 5.75 Å². The highest BCUT2D eigenvalue weighted by molar-refractivity contribution is 9.10. The molecule has 114 valence electrons. The fourth-order valence-corrected chi connectivity index (χ4v) is 2.73. The lowest BCUT2D eigenvalue weighted by Crippen LogP contribution is -2.32. The molecular weight excluding hydrogens is 349 g/mol. The summed E-state index contributed by atoms with van der Waals surface area (Å²) in [6.07, 6.45) is 1.92. The Morgan fingerprint density at radius 1 is 1.23 bits per heavy atom. The molecule has 0 aliphatic heterocycles. The van der Waals surface area contributed by atoms with Gasteiger partial charge in [-0.05, 0) is 48.7 Å². The van der Waals surface area contributed by atoms with E-state index in [1.54, 1.807) is 29.2 Å². The number of carbonyl (C=O) groups excluding carboxylic acids is 1. The van der Waals surface area contributed by atoms with Gasteiger partial charge in [0.1, 0.15) is 11.6 Å². The molecule has 1 fully saturated rings. The summed E-state index contributed by atoms with van der Waals surface area (Å²) in [6, 6.07) is 11.1. The van der Waals surface area contributed by atoms with Gasteiger partial charge in [0.2, 0.25) is 0 Å². The second-order valence-corrected chi connectivity index (χ2v) is 6.37. The predicted octanol–water partition coefficient (Wildman–Crippen LogP) is 4.10. The smallest absolute Gasteiger partial charge is 0.258 e. The van der Waals surface area contributed by atoms with Gasteiger partial charge in [0.05, 0.1) is 5.56 Å². The second kappa shape index (κ2) is 6.08. The number of phenolic OH excluding ortho intramolecular Hbond substituents is 1.